The molecule has 3 rings (SSSR count). The number of hydrogen-bond acceptors (Lipinski definition) is 2. The van der Waals surface area contributed by atoms with E-state index in [1.165, 1.54) is 22.2 Å². The lowest BCUT2D eigenvalue weighted by Crippen LogP contribution is -2.17. The highest BCUT2D eigenvalue weighted by atomic mass is 16.5. The summed E-state index contributed by atoms with van der Waals surface area (Å²) in [5, 5.41) is 10.2. The fourth-order valence-electron chi connectivity index (χ4n) is 3.35. The summed E-state index contributed by atoms with van der Waals surface area (Å²) in [6.07, 6.45) is 2.96. The summed E-state index contributed by atoms with van der Waals surface area (Å²) in [5.41, 5.74) is 4.80. The van der Waals surface area contributed by atoms with Gasteiger partial charge in [0.1, 0.15) is 5.75 Å². The SMILES string of the molecule is COc1ccc(C)c2c3c([nH]c12)CCC(CC(=O)O)C3. The molecular formula is C16H19NO3. The summed E-state index contributed by atoms with van der Waals surface area (Å²) in [6.45, 7) is 2.09. The number of aliphatic carboxylic acids is 1. The number of benzene rings is 1. The second-order valence-electron chi connectivity index (χ2n) is 5.62. The monoisotopic (exact) mass is 273 g/mol. The van der Waals surface area contributed by atoms with Gasteiger partial charge in [0.2, 0.25) is 0 Å². The normalized spacial score (nSPS) is 18.0. The molecule has 20 heavy (non-hydrogen) atoms. The Morgan fingerprint density at radius 2 is 2.30 bits per heavy atom. The molecule has 0 aliphatic heterocycles. The highest BCUT2D eigenvalue weighted by Crippen LogP contribution is 2.38. The van der Waals surface area contributed by atoms with Crippen LogP contribution < -0.4 is 4.74 Å². The van der Waals surface area contributed by atoms with Crippen LogP contribution in [0.15, 0.2) is 12.1 Å². The van der Waals surface area contributed by atoms with E-state index in [2.05, 4.69) is 18.0 Å². The molecule has 1 atom stereocenters. The van der Waals surface area contributed by atoms with E-state index in [0.29, 0.717) is 0 Å². The van der Waals surface area contributed by atoms with Crippen LogP contribution in [-0.4, -0.2) is 23.2 Å². The Bertz CT molecular complexity index is 672. The molecule has 0 amide bonds. The van der Waals surface area contributed by atoms with Crippen LogP contribution in [0.25, 0.3) is 10.9 Å². The number of carboxylic acid groups (broad SMARTS) is 1. The first-order chi connectivity index (χ1) is 9.60. The first kappa shape index (κ1) is 13.0. The molecule has 1 aromatic heterocycles. The van der Waals surface area contributed by atoms with Crippen molar-refractivity contribution in [3.63, 3.8) is 0 Å². The van der Waals surface area contributed by atoms with Gasteiger partial charge in [-0.25, -0.2) is 0 Å². The van der Waals surface area contributed by atoms with E-state index in [9.17, 15) is 4.79 Å². The van der Waals surface area contributed by atoms with Crippen molar-refractivity contribution in [1.29, 1.82) is 0 Å². The number of hydrogen-bond donors (Lipinski definition) is 2. The van der Waals surface area contributed by atoms with Crippen LogP contribution in [0, 0.1) is 12.8 Å². The van der Waals surface area contributed by atoms with Crippen molar-refractivity contribution < 1.29 is 14.6 Å². The van der Waals surface area contributed by atoms with E-state index in [4.69, 9.17) is 9.84 Å². The third-order valence-corrected chi connectivity index (χ3v) is 4.30. The summed E-state index contributed by atoms with van der Waals surface area (Å²) < 4.78 is 5.43. The van der Waals surface area contributed by atoms with Crippen molar-refractivity contribution in [3.05, 3.63) is 29.0 Å². The van der Waals surface area contributed by atoms with Gasteiger partial charge in [0, 0.05) is 17.5 Å². The minimum atomic E-state index is -0.701. The maximum Gasteiger partial charge on any atom is 0.303 e. The molecule has 0 spiro atoms. The fraction of sp³-hybridized carbons (Fsp3) is 0.438. The number of carbonyl (C=O) groups is 1. The fourth-order valence-corrected chi connectivity index (χ4v) is 3.35. The van der Waals surface area contributed by atoms with Crippen molar-refractivity contribution in [2.45, 2.75) is 32.6 Å². The molecule has 0 saturated carbocycles. The molecule has 0 bridgehead atoms. The molecule has 0 fully saturated rings. The Hall–Kier alpha value is -1.97. The zero-order valence-electron chi connectivity index (χ0n) is 11.8. The highest BCUT2D eigenvalue weighted by Gasteiger charge is 2.25. The quantitative estimate of drug-likeness (QED) is 0.903. The van der Waals surface area contributed by atoms with Crippen molar-refractivity contribution in [2.24, 2.45) is 5.92 Å². The van der Waals surface area contributed by atoms with E-state index >= 15 is 0 Å². The number of ether oxygens (including phenoxy) is 1. The van der Waals surface area contributed by atoms with Crippen LogP contribution >= 0.6 is 0 Å². The number of aromatic amines is 1. The second kappa shape index (κ2) is 4.85. The second-order valence-corrected chi connectivity index (χ2v) is 5.62. The molecule has 0 radical (unpaired) electrons. The number of H-pyrrole nitrogens is 1. The molecule has 0 saturated heterocycles. The van der Waals surface area contributed by atoms with Crippen LogP contribution in [-0.2, 0) is 17.6 Å². The minimum Gasteiger partial charge on any atom is -0.495 e. The van der Waals surface area contributed by atoms with E-state index in [0.717, 1.165) is 30.5 Å². The third kappa shape index (κ3) is 2.05. The summed E-state index contributed by atoms with van der Waals surface area (Å²) >= 11 is 0. The summed E-state index contributed by atoms with van der Waals surface area (Å²) in [6, 6.07) is 4.05. The lowest BCUT2D eigenvalue weighted by Gasteiger charge is -2.21. The predicted molar refractivity (Wildman–Crippen MR) is 77.4 cm³/mol. The average molecular weight is 273 g/mol. The van der Waals surface area contributed by atoms with Crippen LogP contribution in [0.2, 0.25) is 0 Å². The lowest BCUT2D eigenvalue weighted by molar-refractivity contribution is -0.138. The van der Waals surface area contributed by atoms with Gasteiger partial charge in [0.25, 0.3) is 0 Å². The van der Waals surface area contributed by atoms with Gasteiger partial charge in [-0.05, 0) is 49.3 Å². The molecule has 1 unspecified atom stereocenters. The predicted octanol–water partition coefficient (Wildman–Crippen LogP) is 3.06. The van der Waals surface area contributed by atoms with Gasteiger partial charge >= 0.3 is 5.97 Å². The number of aromatic nitrogens is 1. The number of fused-ring (bicyclic) bond motifs is 3. The van der Waals surface area contributed by atoms with Crippen LogP contribution in [0.4, 0.5) is 0 Å². The van der Waals surface area contributed by atoms with Crippen molar-refractivity contribution in [2.75, 3.05) is 7.11 Å². The number of nitrogens with one attached hydrogen (secondary N) is 1. The molecule has 1 heterocycles. The first-order valence-corrected chi connectivity index (χ1v) is 6.99. The van der Waals surface area contributed by atoms with Crippen molar-refractivity contribution in [1.82, 2.24) is 4.98 Å². The van der Waals surface area contributed by atoms with Crippen LogP contribution in [0.3, 0.4) is 0 Å². The van der Waals surface area contributed by atoms with E-state index < -0.39 is 5.97 Å². The van der Waals surface area contributed by atoms with Crippen LogP contribution in [0.1, 0.15) is 29.7 Å². The average Bonchev–Trinajstić information content (AvgIpc) is 2.78. The molecule has 1 aliphatic rings. The maximum absolute atomic E-state index is 10.9. The molecule has 1 aromatic carbocycles. The van der Waals surface area contributed by atoms with Crippen LogP contribution in [0.5, 0.6) is 5.75 Å². The zero-order chi connectivity index (χ0) is 14.3. The highest BCUT2D eigenvalue weighted by molar-refractivity contribution is 5.92. The van der Waals surface area contributed by atoms with Crippen molar-refractivity contribution >= 4 is 16.9 Å². The number of carboxylic acids is 1. The Kier molecular flexibility index (Phi) is 3.16. The van der Waals surface area contributed by atoms with Gasteiger partial charge in [0.15, 0.2) is 0 Å². The van der Waals surface area contributed by atoms with E-state index in [1.54, 1.807) is 7.11 Å². The largest absolute Gasteiger partial charge is 0.495 e. The lowest BCUT2D eigenvalue weighted by atomic mass is 9.84. The standard InChI is InChI=1S/C16H19NO3/c1-9-3-6-13(20-2)16-15(9)11-7-10(8-14(18)19)4-5-12(11)17-16/h3,6,10,17H,4-5,7-8H2,1-2H3,(H,18,19). The molecule has 2 N–H and O–H groups in total. The molecule has 2 aromatic rings. The van der Waals surface area contributed by atoms with E-state index in [-0.39, 0.29) is 12.3 Å². The Balaban J connectivity index is 2.08. The van der Waals surface area contributed by atoms with Gasteiger partial charge in [-0.1, -0.05) is 6.07 Å². The summed E-state index contributed by atoms with van der Waals surface area (Å²) in [7, 11) is 1.68. The molecule has 1 aliphatic carbocycles. The Morgan fingerprint density at radius 1 is 1.50 bits per heavy atom. The van der Waals surface area contributed by atoms with Gasteiger partial charge < -0.3 is 14.8 Å². The Labute approximate surface area is 117 Å². The number of rotatable bonds is 3. The van der Waals surface area contributed by atoms with Gasteiger partial charge in [0.05, 0.1) is 12.6 Å². The molecule has 4 nitrogen and oxygen atoms in total. The molecular weight excluding hydrogens is 254 g/mol. The topological polar surface area (TPSA) is 62.3 Å². The van der Waals surface area contributed by atoms with Gasteiger partial charge in [-0.15, -0.1) is 0 Å². The zero-order valence-corrected chi connectivity index (χ0v) is 11.8. The van der Waals surface area contributed by atoms with Gasteiger partial charge in [-0.2, -0.15) is 0 Å². The smallest absolute Gasteiger partial charge is 0.303 e. The molecule has 106 valence electrons. The summed E-state index contributed by atoms with van der Waals surface area (Å²) in [5.74, 6) is 0.395. The maximum atomic E-state index is 10.9. The first-order valence-electron chi connectivity index (χ1n) is 6.99. The molecule has 4 heteroatoms. The van der Waals surface area contributed by atoms with E-state index in [1.807, 2.05) is 6.07 Å². The number of methoxy groups -OCH3 is 1. The summed E-state index contributed by atoms with van der Waals surface area (Å²) in [4.78, 5) is 14.4. The number of aryl methyl sites for hydroxylation is 2. The Morgan fingerprint density at radius 3 is 3.00 bits per heavy atom. The van der Waals surface area contributed by atoms with Gasteiger partial charge in [-0.3, -0.25) is 4.79 Å². The minimum absolute atomic E-state index is 0.240. The van der Waals surface area contributed by atoms with Crippen molar-refractivity contribution in [3.8, 4) is 5.75 Å². The third-order valence-electron chi connectivity index (χ3n) is 4.30.